The van der Waals surface area contributed by atoms with Crippen LogP contribution in [0, 0.1) is 6.92 Å². The molecular formula is C29H22Cl2N2O3. The molecule has 2 amide bonds. The second kappa shape index (κ2) is 9.76. The van der Waals surface area contributed by atoms with Crippen LogP contribution in [0.15, 0.2) is 72.8 Å². The predicted octanol–water partition coefficient (Wildman–Crippen LogP) is 7.13. The lowest BCUT2D eigenvalue weighted by molar-refractivity contribution is 0.0672. The fourth-order valence-electron chi connectivity index (χ4n) is 4.26. The Hall–Kier alpha value is -3.67. The lowest BCUT2D eigenvalue weighted by atomic mass is 10.0. The zero-order chi connectivity index (χ0) is 25.4. The van der Waals surface area contributed by atoms with E-state index in [1.54, 1.807) is 30.3 Å². The summed E-state index contributed by atoms with van der Waals surface area (Å²) in [7, 11) is 0. The maximum atomic E-state index is 12.7. The maximum Gasteiger partial charge on any atom is 0.261 e. The minimum atomic E-state index is -0.296. The first-order chi connectivity index (χ1) is 17.3. The monoisotopic (exact) mass is 516 g/mol. The van der Waals surface area contributed by atoms with Gasteiger partial charge in [-0.25, -0.2) is 4.98 Å². The standard InChI is InChI=1S/C29H22Cl2N2O3/c1-17(14-15-33-28(34)21-7-3-4-8-22(21)29(33)35)20-12-13-24(30)23(26(20)31)16-36-25-9-5-6-19-11-10-18(2)32-27(19)25/h3-14H,15-16H2,1-2H3/b17-14+. The van der Waals surface area contributed by atoms with E-state index in [0.717, 1.165) is 27.7 Å². The number of allylic oxidation sites excluding steroid dienone is 1. The van der Waals surface area contributed by atoms with Gasteiger partial charge in [-0.05, 0) is 55.3 Å². The predicted molar refractivity (Wildman–Crippen MR) is 143 cm³/mol. The van der Waals surface area contributed by atoms with Crippen molar-refractivity contribution in [2.24, 2.45) is 0 Å². The third-order valence-electron chi connectivity index (χ3n) is 6.26. The topological polar surface area (TPSA) is 59.5 Å². The molecule has 7 heteroatoms. The average Bonchev–Trinajstić information content (AvgIpc) is 3.12. The number of carbonyl (C=O) groups excluding carboxylic acids is 2. The summed E-state index contributed by atoms with van der Waals surface area (Å²) >= 11 is 13.3. The quantitative estimate of drug-likeness (QED) is 0.256. The Morgan fingerprint density at radius 2 is 1.67 bits per heavy atom. The molecule has 0 unspecified atom stereocenters. The molecule has 1 aromatic heterocycles. The van der Waals surface area contributed by atoms with Crippen LogP contribution in [-0.2, 0) is 6.61 Å². The summed E-state index contributed by atoms with van der Waals surface area (Å²) in [5.74, 6) is 0.0522. The van der Waals surface area contributed by atoms with Crippen molar-refractivity contribution < 1.29 is 14.3 Å². The molecule has 0 atom stereocenters. The van der Waals surface area contributed by atoms with E-state index in [9.17, 15) is 9.59 Å². The summed E-state index contributed by atoms with van der Waals surface area (Å²) in [4.78, 5) is 31.2. The molecule has 5 rings (SSSR count). The first kappa shape index (κ1) is 24.0. The van der Waals surface area contributed by atoms with Crippen molar-refractivity contribution >= 4 is 51.5 Å². The van der Waals surface area contributed by atoms with Crippen LogP contribution in [0.2, 0.25) is 10.0 Å². The number of halogens is 2. The summed E-state index contributed by atoms with van der Waals surface area (Å²) in [6.45, 7) is 4.12. The second-order valence-electron chi connectivity index (χ2n) is 8.61. The number of imide groups is 1. The van der Waals surface area contributed by atoms with Crippen LogP contribution in [0.1, 0.15) is 44.5 Å². The van der Waals surface area contributed by atoms with Gasteiger partial charge in [0.1, 0.15) is 17.9 Å². The van der Waals surface area contributed by atoms with E-state index in [2.05, 4.69) is 4.98 Å². The Morgan fingerprint density at radius 1 is 0.944 bits per heavy atom. The van der Waals surface area contributed by atoms with E-state index < -0.39 is 0 Å². The summed E-state index contributed by atoms with van der Waals surface area (Å²) in [6.07, 6.45) is 1.82. The number of hydrogen-bond acceptors (Lipinski definition) is 4. The highest BCUT2D eigenvalue weighted by molar-refractivity contribution is 6.37. The van der Waals surface area contributed by atoms with Crippen molar-refractivity contribution in [1.29, 1.82) is 0 Å². The number of hydrogen-bond donors (Lipinski definition) is 0. The molecule has 0 bridgehead atoms. The van der Waals surface area contributed by atoms with Gasteiger partial charge in [-0.2, -0.15) is 0 Å². The highest BCUT2D eigenvalue weighted by Crippen LogP contribution is 2.34. The molecule has 0 saturated carbocycles. The van der Waals surface area contributed by atoms with Crippen LogP contribution >= 0.6 is 23.2 Å². The second-order valence-corrected chi connectivity index (χ2v) is 9.40. The van der Waals surface area contributed by atoms with Gasteiger partial charge in [0.2, 0.25) is 0 Å². The minimum Gasteiger partial charge on any atom is -0.487 e. The van der Waals surface area contributed by atoms with Gasteiger partial charge >= 0.3 is 0 Å². The van der Waals surface area contributed by atoms with Gasteiger partial charge in [-0.15, -0.1) is 0 Å². The summed E-state index contributed by atoms with van der Waals surface area (Å²) < 4.78 is 6.11. The first-order valence-corrected chi connectivity index (χ1v) is 12.2. The van der Waals surface area contributed by atoms with Crippen LogP contribution in [-0.4, -0.2) is 28.2 Å². The Labute approximate surface area is 218 Å². The van der Waals surface area contributed by atoms with E-state index in [-0.39, 0.29) is 25.0 Å². The molecule has 4 aromatic rings. The molecule has 36 heavy (non-hydrogen) atoms. The van der Waals surface area contributed by atoms with Gasteiger partial charge in [-0.3, -0.25) is 14.5 Å². The van der Waals surface area contributed by atoms with Gasteiger partial charge < -0.3 is 4.74 Å². The average molecular weight is 517 g/mol. The van der Waals surface area contributed by atoms with E-state index in [4.69, 9.17) is 27.9 Å². The van der Waals surface area contributed by atoms with E-state index >= 15 is 0 Å². The summed E-state index contributed by atoms with van der Waals surface area (Å²) in [6, 6.07) is 20.2. The zero-order valence-corrected chi connectivity index (χ0v) is 21.2. The number of pyridine rings is 1. The van der Waals surface area contributed by atoms with Gasteiger partial charge in [0.25, 0.3) is 11.8 Å². The zero-order valence-electron chi connectivity index (χ0n) is 19.7. The van der Waals surface area contributed by atoms with Crippen LogP contribution in [0.3, 0.4) is 0 Å². The SMILES string of the molecule is C/C(=C\CN1C(=O)c2ccccc2C1=O)c1ccc(Cl)c(COc2cccc3ccc(C)nc23)c1Cl. The Kier molecular flexibility index (Phi) is 6.52. The Morgan fingerprint density at radius 3 is 2.39 bits per heavy atom. The molecule has 180 valence electrons. The number of carbonyl (C=O) groups is 2. The van der Waals surface area contributed by atoms with E-state index in [1.807, 2.05) is 56.3 Å². The molecule has 0 N–H and O–H groups in total. The smallest absolute Gasteiger partial charge is 0.261 e. The van der Waals surface area contributed by atoms with E-state index in [1.165, 1.54) is 4.90 Å². The van der Waals surface area contributed by atoms with Crippen molar-refractivity contribution in [3.63, 3.8) is 0 Å². The molecule has 1 aliphatic heterocycles. The number of aryl methyl sites for hydroxylation is 1. The largest absolute Gasteiger partial charge is 0.487 e. The fraction of sp³-hybridized carbons (Fsp3) is 0.138. The van der Waals surface area contributed by atoms with Gasteiger partial charge in [0.15, 0.2) is 0 Å². The number of para-hydroxylation sites is 1. The van der Waals surface area contributed by atoms with Crippen LogP contribution in [0.5, 0.6) is 5.75 Å². The first-order valence-electron chi connectivity index (χ1n) is 11.4. The Bertz CT molecular complexity index is 1530. The maximum absolute atomic E-state index is 12.7. The molecular weight excluding hydrogens is 495 g/mol. The van der Waals surface area contributed by atoms with Crippen molar-refractivity contribution in [3.8, 4) is 5.75 Å². The van der Waals surface area contributed by atoms with Crippen molar-refractivity contribution in [2.75, 3.05) is 6.54 Å². The summed E-state index contributed by atoms with van der Waals surface area (Å²) in [5.41, 5.74) is 4.74. The molecule has 0 spiro atoms. The van der Waals surface area contributed by atoms with Crippen LogP contribution < -0.4 is 4.74 Å². The van der Waals surface area contributed by atoms with Crippen LogP contribution in [0.25, 0.3) is 16.5 Å². The van der Waals surface area contributed by atoms with Crippen molar-refractivity contribution in [3.05, 3.63) is 111 Å². The molecule has 5 nitrogen and oxygen atoms in total. The number of aromatic nitrogens is 1. The van der Waals surface area contributed by atoms with Crippen LogP contribution in [0.4, 0.5) is 0 Å². The van der Waals surface area contributed by atoms with Gasteiger partial charge in [0.05, 0.1) is 16.1 Å². The van der Waals surface area contributed by atoms with E-state index in [0.29, 0.717) is 32.5 Å². The Balaban J connectivity index is 1.38. The molecule has 2 heterocycles. The van der Waals surface area contributed by atoms with Gasteiger partial charge in [-0.1, -0.05) is 65.7 Å². The third-order valence-corrected chi connectivity index (χ3v) is 7.05. The summed E-state index contributed by atoms with van der Waals surface area (Å²) in [5, 5.41) is 1.93. The lowest BCUT2D eigenvalue weighted by Gasteiger charge is -2.15. The normalized spacial score (nSPS) is 13.4. The molecule has 0 radical (unpaired) electrons. The number of benzene rings is 3. The molecule has 1 aliphatic rings. The van der Waals surface area contributed by atoms with Crippen molar-refractivity contribution in [2.45, 2.75) is 20.5 Å². The highest BCUT2D eigenvalue weighted by Gasteiger charge is 2.34. The lowest BCUT2D eigenvalue weighted by Crippen LogP contribution is -2.29. The van der Waals surface area contributed by atoms with Crippen molar-refractivity contribution in [1.82, 2.24) is 9.88 Å². The van der Waals surface area contributed by atoms with Gasteiger partial charge in [0, 0.05) is 28.2 Å². The fourth-order valence-corrected chi connectivity index (χ4v) is 4.89. The molecule has 0 saturated heterocycles. The number of amides is 2. The number of rotatable bonds is 6. The number of nitrogens with zero attached hydrogens (tertiary/aromatic N) is 2. The molecule has 0 aliphatic carbocycles. The molecule has 0 fully saturated rings. The number of ether oxygens (including phenoxy) is 1. The molecule has 3 aromatic carbocycles. The number of fused-ring (bicyclic) bond motifs is 2. The highest BCUT2D eigenvalue weighted by atomic mass is 35.5. The third kappa shape index (κ3) is 4.36. The minimum absolute atomic E-state index is 0.143.